The minimum absolute atomic E-state index is 0.0757. The molecule has 0 saturated carbocycles. The molecule has 1 heterocycles. The van der Waals surface area contributed by atoms with Gasteiger partial charge in [0.05, 0.1) is 13.2 Å². The number of ether oxygens (including phenoxy) is 2. The number of rotatable bonds is 3. The van der Waals surface area contributed by atoms with Crippen LogP contribution in [0.5, 0.6) is 0 Å². The second kappa shape index (κ2) is 9.11. The van der Waals surface area contributed by atoms with E-state index in [4.69, 9.17) is 9.47 Å². The Kier molecular flexibility index (Phi) is 9.96. The molecule has 0 N–H and O–H groups in total. The third kappa shape index (κ3) is 6.21. The summed E-state index contributed by atoms with van der Waals surface area (Å²) in [6.45, 7) is 5.27. The van der Waals surface area contributed by atoms with Gasteiger partial charge in [-0.05, 0) is 6.42 Å². The van der Waals surface area contributed by atoms with Gasteiger partial charge in [-0.25, -0.2) is 0 Å². The van der Waals surface area contributed by atoms with Crippen molar-refractivity contribution in [1.82, 2.24) is 0 Å². The van der Waals surface area contributed by atoms with Gasteiger partial charge in [0.25, 0.3) is 0 Å². The van der Waals surface area contributed by atoms with Crippen LogP contribution in [0.3, 0.4) is 0 Å². The molecule has 1 rings (SSSR count). The van der Waals surface area contributed by atoms with Crippen LogP contribution in [0.4, 0.5) is 0 Å². The van der Waals surface area contributed by atoms with Gasteiger partial charge < -0.3 is 16.4 Å². The maximum atomic E-state index is 5.20. The van der Waals surface area contributed by atoms with E-state index < -0.39 is 0 Å². The molecule has 0 aromatic heterocycles. The third-order valence-electron chi connectivity index (χ3n) is 1.38. The Labute approximate surface area is 85.1 Å². The van der Waals surface area contributed by atoms with E-state index in [-0.39, 0.29) is 6.29 Å². The molecule has 1 aliphatic heterocycles. The fourth-order valence-electron chi connectivity index (χ4n) is 0.885. The van der Waals surface area contributed by atoms with Gasteiger partial charge in [0.1, 0.15) is 0 Å². The Morgan fingerprint density at radius 2 is 1.91 bits per heavy atom. The number of hydrogen-bond acceptors (Lipinski definition) is 2. The first-order chi connectivity index (χ1) is 5.43. The van der Waals surface area contributed by atoms with Crippen LogP contribution in [-0.4, -0.2) is 19.5 Å². The van der Waals surface area contributed by atoms with E-state index in [1.165, 1.54) is 16.3 Å². The van der Waals surface area contributed by atoms with Crippen LogP contribution in [0.15, 0.2) is 0 Å². The maximum absolute atomic E-state index is 5.20. The SMILES string of the molecule is [CH2-]CCCC1OCCO1.[Zn+][Br]. The molecular weight excluding hydrogens is 261 g/mol. The van der Waals surface area contributed by atoms with Gasteiger partial charge in [-0.3, -0.25) is 0 Å². The van der Waals surface area contributed by atoms with Gasteiger partial charge in [0.15, 0.2) is 6.29 Å². The van der Waals surface area contributed by atoms with Gasteiger partial charge in [-0.15, -0.1) is 0 Å². The standard InChI is InChI=1S/C7H13O2.BrH.Zn/c1-2-3-4-7-8-5-6-9-7;;/h7H,1-6H2;1H;/q-1;;+2/p-1. The summed E-state index contributed by atoms with van der Waals surface area (Å²) in [5.41, 5.74) is 0. The summed E-state index contributed by atoms with van der Waals surface area (Å²) in [6.07, 6.45) is 3.16. The first kappa shape index (κ1) is 12.0. The number of hydrogen-bond donors (Lipinski definition) is 0. The van der Waals surface area contributed by atoms with Gasteiger partial charge in [-0.1, -0.05) is 6.42 Å². The van der Waals surface area contributed by atoms with E-state index >= 15 is 0 Å². The van der Waals surface area contributed by atoms with Crippen LogP contribution in [0, 0.1) is 6.92 Å². The van der Waals surface area contributed by atoms with Crippen molar-refractivity contribution in [3.63, 3.8) is 0 Å². The van der Waals surface area contributed by atoms with E-state index in [1.54, 1.807) is 0 Å². The second-order valence-electron chi connectivity index (χ2n) is 2.17. The molecule has 11 heavy (non-hydrogen) atoms. The van der Waals surface area contributed by atoms with Crippen molar-refractivity contribution in [3.8, 4) is 0 Å². The fourth-order valence-corrected chi connectivity index (χ4v) is 0.885. The van der Waals surface area contributed by atoms with Crippen LogP contribution in [0.2, 0.25) is 0 Å². The van der Waals surface area contributed by atoms with Crippen molar-refractivity contribution in [3.05, 3.63) is 6.92 Å². The molecule has 0 spiro atoms. The van der Waals surface area contributed by atoms with Crippen molar-refractivity contribution in [2.24, 2.45) is 0 Å². The van der Waals surface area contributed by atoms with Gasteiger partial charge in [0.2, 0.25) is 0 Å². The zero-order valence-corrected chi connectivity index (χ0v) is 11.3. The van der Waals surface area contributed by atoms with Crippen LogP contribution in [0.25, 0.3) is 0 Å². The van der Waals surface area contributed by atoms with Crippen molar-refractivity contribution >= 4 is 13.6 Å². The van der Waals surface area contributed by atoms with E-state index in [1.807, 2.05) is 0 Å². The molecule has 0 radical (unpaired) electrons. The quantitative estimate of drug-likeness (QED) is 0.580. The summed E-state index contributed by atoms with van der Waals surface area (Å²) in [4.78, 5) is 0. The fraction of sp³-hybridized carbons (Fsp3) is 0.857. The molecule has 0 atom stereocenters. The molecule has 0 unspecified atom stereocenters. The molecule has 1 fully saturated rings. The summed E-state index contributed by atoms with van der Waals surface area (Å²) in [6, 6.07) is 0. The number of unbranched alkanes of at least 4 members (excludes halogenated alkanes) is 1. The van der Waals surface area contributed by atoms with Crippen molar-refractivity contribution in [1.29, 1.82) is 0 Å². The van der Waals surface area contributed by atoms with Crippen molar-refractivity contribution < 1.29 is 25.8 Å². The molecule has 0 aliphatic carbocycles. The Morgan fingerprint density at radius 1 is 1.36 bits per heavy atom. The summed E-state index contributed by atoms with van der Waals surface area (Å²) in [5.74, 6) is 0. The van der Waals surface area contributed by atoms with Crippen LogP contribution in [0.1, 0.15) is 19.3 Å². The molecule has 0 aromatic rings. The third-order valence-corrected chi connectivity index (χ3v) is 1.38. The van der Waals surface area contributed by atoms with Gasteiger partial charge in [-0.2, -0.15) is 6.42 Å². The Hall–Kier alpha value is 1.02. The second-order valence-corrected chi connectivity index (χ2v) is 2.17. The molecule has 0 bridgehead atoms. The van der Waals surface area contributed by atoms with Crippen LogP contribution < -0.4 is 0 Å². The molecule has 1 saturated heterocycles. The first-order valence-corrected chi connectivity index (χ1v) is 10.7. The Balaban J connectivity index is 0.000000461. The monoisotopic (exact) mass is 272 g/mol. The number of halogens is 1. The average Bonchev–Trinajstić information content (AvgIpc) is 2.57. The van der Waals surface area contributed by atoms with E-state index in [0.717, 1.165) is 32.5 Å². The van der Waals surface area contributed by atoms with Crippen molar-refractivity contribution in [2.75, 3.05) is 13.2 Å². The summed E-state index contributed by atoms with van der Waals surface area (Å²) < 4.78 is 10.4. The molecule has 2 nitrogen and oxygen atoms in total. The van der Waals surface area contributed by atoms with Crippen LogP contribution in [-0.2, 0) is 25.8 Å². The van der Waals surface area contributed by atoms with E-state index in [0.29, 0.717) is 0 Å². The van der Waals surface area contributed by atoms with E-state index in [9.17, 15) is 0 Å². The molecule has 62 valence electrons. The molecule has 4 heteroatoms. The molecule has 0 amide bonds. The zero-order valence-electron chi connectivity index (χ0n) is 6.72. The molecular formula is C7H13BrO2Zn. The predicted molar refractivity (Wildman–Crippen MR) is 43.8 cm³/mol. The minimum atomic E-state index is 0.0757. The summed E-state index contributed by atoms with van der Waals surface area (Å²) >= 11 is 4.25. The topological polar surface area (TPSA) is 18.5 Å². The zero-order chi connectivity index (χ0) is 8.53. The average molecular weight is 274 g/mol. The van der Waals surface area contributed by atoms with Gasteiger partial charge in [0, 0.05) is 0 Å². The molecule has 1 aliphatic rings. The first-order valence-electron chi connectivity index (χ1n) is 3.72. The Bertz CT molecular complexity index is 76.8. The summed E-state index contributed by atoms with van der Waals surface area (Å²) in [7, 11) is 0. The van der Waals surface area contributed by atoms with Gasteiger partial charge >= 0.3 is 30.0 Å². The predicted octanol–water partition coefficient (Wildman–Crippen LogP) is 2.21. The summed E-state index contributed by atoms with van der Waals surface area (Å²) in [5, 5.41) is 0. The molecule has 0 aromatic carbocycles. The normalized spacial score (nSPS) is 17.8. The Morgan fingerprint density at radius 3 is 2.36 bits per heavy atom. The van der Waals surface area contributed by atoms with E-state index in [2.05, 4.69) is 20.5 Å². The van der Waals surface area contributed by atoms with Crippen molar-refractivity contribution in [2.45, 2.75) is 25.6 Å². The van der Waals surface area contributed by atoms with Crippen LogP contribution >= 0.6 is 13.6 Å².